The minimum absolute atomic E-state index is 0.0874. The van der Waals surface area contributed by atoms with E-state index >= 15 is 0 Å². The molecule has 1 aromatic carbocycles. The number of amides is 1. The maximum Gasteiger partial charge on any atom is 0.353 e. The van der Waals surface area contributed by atoms with Crippen LogP contribution >= 0.6 is 15.9 Å². The Balaban J connectivity index is 2.03. The number of nitrogens with zero attached hydrogens (tertiary/aromatic N) is 1. The number of rotatable bonds is 4. The van der Waals surface area contributed by atoms with Crippen molar-refractivity contribution < 1.29 is 14.7 Å². The molecule has 21 heavy (non-hydrogen) atoms. The first kappa shape index (κ1) is 15.0. The van der Waals surface area contributed by atoms with Gasteiger partial charge in [-0.3, -0.25) is 9.89 Å². The second-order valence-corrected chi connectivity index (χ2v) is 5.17. The third-order valence-electron chi connectivity index (χ3n) is 2.63. The number of aromatic nitrogens is 2. The first-order chi connectivity index (χ1) is 9.95. The number of aryl methyl sites for hydroxylation is 1. The van der Waals surface area contributed by atoms with Crippen molar-refractivity contribution in [2.24, 2.45) is 0 Å². The summed E-state index contributed by atoms with van der Waals surface area (Å²) in [6.45, 7) is 1.97. The van der Waals surface area contributed by atoms with E-state index in [0.717, 1.165) is 15.6 Å². The SMILES string of the molecule is Cc1ccc(C=CC(=O)Nc2cc(C(=O)O)[nH]n2)c(Br)c1. The highest BCUT2D eigenvalue weighted by atomic mass is 79.9. The van der Waals surface area contributed by atoms with Gasteiger partial charge in [-0.1, -0.05) is 28.1 Å². The lowest BCUT2D eigenvalue weighted by Crippen LogP contribution is -2.07. The number of anilines is 1. The monoisotopic (exact) mass is 349 g/mol. The van der Waals surface area contributed by atoms with Gasteiger partial charge in [-0.05, 0) is 30.2 Å². The summed E-state index contributed by atoms with van der Waals surface area (Å²) < 4.78 is 0.888. The maximum absolute atomic E-state index is 11.7. The van der Waals surface area contributed by atoms with Crippen molar-refractivity contribution in [3.63, 3.8) is 0 Å². The molecule has 1 amide bonds. The smallest absolute Gasteiger partial charge is 0.353 e. The van der Waals surface area contributed by atoms with E-state index in [1.807, 2.05) is 25.1 Å². The van der Waals surface area contributed by atoms with Crippen molar-refractivity contribution in [3.05, 3.63) is 51.6 Å². The maximum atomic E-state index is 11.7. The minimum atomic E-state index is -1.14. The second-order valence-electron chi connectivity index (χ2n) is 4.32. The molecule has 0 aliphatic carbocycles. The number of H-pyrrole nitrogens is 1. The molecule has 0 spiro atoms. The lowest BCUT2D eigenvalue weighted by atomic mass is 10.1. The number of aromatic amines is 1. The fourth-order valence-electron chi connectivity index (χ4n) is 1.60. The summed E-state index contributed by atoms with van der Waals surface area (Å²) in [5.41, 5.74) is 1.89. The third-order valence-corrected chi connectivity index (χ3v) is 3.32. The largest absolute Gasteiger partial charge is 0.477 e. The Kier molecular flexibility index (Phi) is 4.54. The molecule has 7 heteroatoms. The minimum Gasteiger partial charge on any atom is -0.477 e. The Morgan fingerprint density at radius 2 is 2.14 bits per heavy atom. The predicted octanol–water partition coefficient (Wildman–Crippen LogP) is 2.83. The van der Waals surface area contributed by atoms with Crippen molar-refractivity contribution in [1.29, 1.82) is 0 Å². The summed E-state index contributed by atoms with van der Waals surface area (Å²) in [6, 6.07) is 7.02. The van der Waals surface area contributed by atoms with Gasteiger partial charge in [0.15, 0.2) is 5.82 Å². The molecule has 1 heterocycles. The normalized spacial score (nSPS) is 10.8. The molecule has 0 aliphatic rings. The second kappa shape index (κ2) is 6.36. The van der Waals surface area contributed by atoms with Crippen LogP contribution in [-0.2, 0) is 4.79 Å². The molecule has 0 atom stereocenters. The van der Waals surface area contributed by atoms with Crippen molar-refractivity contribution in [1.82, 2.24) is 10.2 Å². The summed E-state index contributed by atoms with van der Waals surface area (Å²) >= 11 is 3.42. The van der Waals surface area contributed by atoms with Gasteiger partial charge in [0.1, 0.15) is 5.69 Å². The molecule has 0 unspecified atom stereocenters. The number of hydrogen-bond acceptors (Lipinski definition) is 3. The van der Waals surface area contributed by atoms with Gasteiger partial charge in [-0.15, -0.1) is 0 Å². The molecule has 2 rings (SSSR count). The van der Waals surface area contributed by atoms with Gasteiger partial charge in [0.25, 0.3) is 0 Å². The van der Waals surface area contributed by atoms with E-state index in [-0.39, 0.29) is 11.5 Å². The van der Waals surface area contributed by atoms with Crippen LogP contribution in [0, 0.1) is 6.92 Å². The number of nitrogens with one attached hydrogen (secondary N) is 2. The van der Waals surface area contributed by atoms with Crippen molar-refractivity contribution >= 4 is 39.7 Å². The number of aromatic carboxylic acids is 1. The topological polar surface area (TPSA) is 95.1 Å². The van der Waals surface area contributed by atoms with Crippen LogP contribution in [0.25, 0.3) is 6.08 Å². The number of carbonyl (C=O) groups excluding carboxylic acids is 1. The lowest BCUT2D eigenvalue weighted by molar-refractivity contribution is -0.111. The third kappa shape index (κ3) is 4.03. The molecule has 0 bridgehead atoms. The average Bonchev–Trinajstić information content (AvgIpc) is 2.86. The Morgan fingerprint density at radius 1 is 1.38 bits per heavy atom. The van der Waals surface area contributed by atoms with E-state index in [0.29, 0.717) is 0 Å². The molecular formula is C14H12BrN3O3. The predicted molar refractivity (Wildman–Crippen MR) is 82.1 cm³/mol. The van der Waals surface area contributed by atoms with Crippen LogP contribution in [-0.4, -0.2) is 27.2 Å². The Morgan fingerprint density at radius 3 is 2.76 bits per heavy atom. The van der Waals surface area contributed by atoms with Gasteiger partial charge in [0, 0.05) is 16.6 Å². The molecular weight excluding hydrogens is 338 g/mol. The number of carboxylic acid groups (broad SMARTS) is 1. The summed E-state index contributed by atoms with van der Waals surface area (Å²) in [4.78, 5) is 22.4. The average molecular weight is 350 g/mol. The van der Waals surface area contributed by atoms with Gasteiger partial charge in [0.2, 0.25) is 5.91 Å². The Hall–Kier alpha value is -2.41. The number of benzene rings is 1. The Labute approximate surface area is 129 Å². The zero-order valence-electron chi connectivity index (χ0n) is 11.1. The van der Waals surface area contributed by atoms with Gasteiger partial charge < -0.3 is 10.4 Å². The molecule has 0 saturated heterocycles. The molecule has 0 aliphatic heterocycles. The van der Waals surface area contributed by atoms with Crippen LogP contribution in [0.4, 0.5) is 5.82 Å². The van der Waals surface area contributed by atoms with Crippen LogP contribution in [0.15, 0.2) is 34.8 Å². The number of halogens is 1. The standard InChI is InChI=1S/C14H12BrN3O3/c1-8-2-3-9(10(15)6-8)4-5-13(19)16-12-7-11(14(20)21)17-18-12/h2-7H,1H3,(H,20,21)(H2,16,17,18,19). The van der Waals surface area contributed by atoms with Crippen molar-refractivity contribution in [2.75, 3.05) is 5.32 Å². The number of hydrogen-bond donors (Lipinski definition) is 3. The highest BCUT2D eigenvalue weighted by Gasteiger charge is 2.08. The van der Waals surface area contributed by atoms with E-state index in [4.69, 9.17) is 5.11 Å². The van der Waals surface area contributed by atoms with E-state index < -0.39 is 11.9 Å². The van der Waals surface area contributed by atoms with Crippen LogP contribution < -0.4 is 5.32 Å². The van der Waals surface area contributed by atoms with Gasteiger partial charge in [0.05, 0.1) is 0 Å². The van der Waals surface area contributed by atoms with Gasteiger partial charge in [-0.25, -0.2) is 4.79 Å². The zero-order valence-corrected chi connectivity index (χ0v) is 12.6. The van der Waals surface area contributed by atoms with E-state index in [1.165, 1.54) is 12.1 Å². The van der Waals surface area contributed by atoms with Crippen molar-refractivity contribution in [3.8, 4) is 0 Å². The van der Waals surface area contributed by atoms with E-state index in [1.54, 1.807) is 6.08 Å². The summed E-state index contributed by atoms with van der Waals surface area (Å²) in [5, 5.41) is 17.2. The summed E-state index contributed by atoms with van der Waals surface area (Å²) in [7, 11) is 0. The van der Waals surface area contributed by atoms with E-state index in [9.17, 15) is 9.59 Å². The Bertz CT molecular complexity index is 722. The van der Waals surface area contributed by atoms with Crippen LogP contribution in [0.5, 0.6) is 0 Å². The first-order valence-corrected chi connectivity index (χ1v) is 6.79. The number of carbonyl (C=O) groups is 2. The van der Waals surface area contributed by atoms with Crippen LogP contribution in [0.3, 0.4) is 0 Å². The molecule has 0 fully saturated rings. The molecule has 2 aromatic rings. The quantitative estimate of drug-likeness (QED) is 0.739. The lowest BCUT2D eigenvalue weighted by Gasteiger charge is -2.00. The molecule has 3 N–H and O–H groups in total. The summed E-state index contributed by atoms with van der Waals surface area (Å²) in [6.07, 6.45) is 3.01. The zero-order chi connectivity index (χ0) is 15.4. The number of carboxylic acids is 1. The van der Waals surface area contributed by atoms with Crippen LogP contribution in [0.2, 0.25) is 0 Å². The molecule has 6 nitrogen and oxygen atoms in total. The highest BCUT2D eigenvalue weighted by molar-refractivity contribution is 9.10. The van der Waals surface area contributed by atoms with Gasteiger partial charge >= 0.3 is 5.97 Å². The molecule has 1 aromatic heterocycles. The first-order valence-electron chi connectivity index (χ1n) is 5.99. The van der Waals surface area contributed by atoms with E-state index in [2.05, 4.69) is 31.4 Å². The van der Waals surface area contributed by atoms with Crippen LogP contribution in [0.1, 0.15) is 21.6 Å². The fraction of sp³-hybridized carbons (Fsp3) is 0.0714. The molecule has 0 saturated carbocycles. The fourth-order valence-corrected chi connectivity index (χ4v) is 2.22. The summed E-state index contributed by atoms with van der Waals surface area (Å²) in [5.74, 6) is -1.38. The highest BCUT2D eigenvalue weighted by Crippen LogP contribution is 2.19. The molecule has 0 radical (unpaired) electrons. The molecule has 108 valence electrons. The van der Waals surface area contributed by atoms with Crippen molar-refractivity contribution in [2.45, 2.75) is 6.92 Å². The van der Waals surface area contributed by atoms with Gasteiger partial charge in [-0.2, -0.15) is 5.10 Å².